The standard InChI is InChI=1S/C45H48O25/c46-15-27-33(54)36(57)40(61)44(67-27)70-42-38(59)35(56)29(16-62-31(52)10-3-18-1-6-20(47)7-2-18)69-45(42)66-26-13-23-24(64-41(26)19-4-8-21(48)9-5-19)11-22(49)12-25(23)65-43-39(60)37(58)34(55)28(68-43)17-63-32(53)14-30(50)51/h1-13,27-29,33-40,42-46,54-61H,14-17H2,(H3-,47,48,49,50,51,52)/p+1/t27-,28-,29-,33-,34-,35-,36+,37+,38+,39-,40-,42-,43-,44+,45-/m1/s1. The predicted molar refractivity (Wildman–Crippen MR) is 228 cm³/mol. The van der Waals surface area contributed by atoms with Crippen molar-refractivity contribution >= 4 is 35.0 Å². The minimum atomic E-state index is -2.07. The molecule has 0 bridgehead atoms. The van der Waals surface area contributed by atoms with Crippen molar-refractivity contribution in [2.75, 3.05) is 19.8 Å². The van der Waals surface area contributed by atoms with E-state index in [1.165, 1.54) is 60.7 Å². The van der Waals surface area contributed by atoms with Crippen LogP contribution in [-0.2, 0) is 42.8 Å². The van der Waals surface area contributed by atoms with Crippen LogP contribution in [0.5, 0.6) is 28.7 Å². The van der Waals surface area contributed by atoms with E-state index in [1.54, 1.807) is 0 Å². The van der Waals surface area contributed by atoms with Gasteiger partial charge in [-0.1, -0.05) is 12.1 Å². The lowest BCUT2D eigenvalue weighted by molar-refractivity contribution is -0.357. The number of carboxylic acids is 1. The molecule has 7 rings (SSSR count). The van der Waals surface area contributed by atoms with Gasteiger partial charge in [0.1, 0.15) is 115 Å². The number of phenols is 3. The van der Waals surface area contributed by atoms with Gasteiger partial charge in [0.25, 0.3) is 0 Å². The molecular weight excluding hydrogens is 940 g/mol. The van der Waals surface area contributed by atoms with Crippen LogP contribution in [-0.4, -0.2) is 196 Å². The third kappa shape index (κ3) is 11.8. The zero-order valence-corrected chi connectivity index (χ0v) is 36.2. The van der Waals surface area contributed by atoms with Gasteiger partial charge in [-0.15, -0.1) is 0 Å². The number of phenolic OH excluding ortho intramolecular Hbond substituents is 3. The van der Waals surface area contributed by atoms with Gasteiger partial charge in [0.2, 0.25) is 18.3 Å². The summed E-state index contributed by atoms with van der Waals surface area (Å²) in [7, 11) is 0. The Balaban J connectivity index is 1.24. The Labute approximate surface area is 394 Å². The highest BCUT2D eigenvalue weighted by atomic mass is 16.8. The van der Waals surface area contributed by atoms with Gasteiger partial charge in [0.05, 0.1) is 18.2 Å². The highest BCUT2D eigenvalue weighted by Crippen LogP contribution is 2.43. The first-order valence-electron chi connectivity index (χ1n) is 21.3. The molecule has 3 aromatic carbocycles. The maximum absolute atomic E-state index is 12.8. The van der Waals surface area contributed by atoms with Crippen LogP contribution in [0.2, 0.25) is 0 Å². The number of aromatic hydroxyl groups is 3. The highest BCUT2D eigenvalue weighted by Gasteiger charge is 2.52. The van der Waals surface area contributed by atoms with Gasteiger partial charge < -0.3 is 104 Å². The van der Waals surface area contributed by atoms with Gasteiger partial charge in [-0.05, 0) is 48.0 Å². The number of ether oxygens (including phenoxy) is 8. The summed E-state index contributed by atoms with van der Waals surface area (Å²) >= 11 is 0. The second-order valence-electron chi connectivity index (χ2n) is 16.2. The Morgan fingerprint density at radius 2 is 1.16 bits per heavy atom. The van der Waals surface area contributed by atoms with E-state index in [-0.39, 0.29) is 45.3 Å². The summed E-state index contributed by atoms with van der Waals surface area (Å²) in [5, 5.41) is 136. The Hall–Kier alpha value is -6.30. The lowest BCUT2D eigenvalue weighted by Crippen LogP contribution is -2.65. The minimum absolute atomic E-state index is 0.0159. The Bertz CT molecular complexity index is 2480. The first-order valence-corrected chi connectivity index (χ1v) is 21.3. The van der Waals surface area contributed by atoms with Gasteiger partial charge in [0.15, 0.2) is 12.4 Å². The zero-order valence-electron chi connectivity index (χ0n) is 36.2. The average Bonchev–Trinajstić information content (AvgIpc) is 3.32. The summed E-state index contributed by atoms with van der Waals surface area (Å²) < 4.78 is 51.8. The summed E-state index contributed by atoms with van der Waals surface area (Å²) in [6.45, 7) is -2.41. The van der Waals surface area contributed by atoms with Crippen LogP contribution in [0.3, 0.4) is 0 Å². The summed E-state index contributed by atoms with van der Waals surface area (Å²) in [6.07, 6.45) is -26.8. The number of hydrogen-bond acceptors (Lipinski definition) is 23. The van der Waals surface area contributed by atoms with Crippen molar-refractivity contribution in [2.45, 2.75) is 98.5 Å². The normalized spacial score (nSPS) is 31.2. The molecule has 3 fully saturated rings. The van der Waals surface area contributed by atoms with Gasteiger partial charge in [-0.2, -0.15) is 0 Å². The number of carbonyl (C=O) groups excluding carboxylic acids is 2. The maximum Gasteiger partial charge on any atom is 0.402 e. The Kier molecular flexibility index (Phi) is 16.3. The molecule has 1 aromatic heterocycles. The minimum Gasteiger partial charge on any atom is -0.508 e. The summed E-state index contributed by atoms with van der Waals surface area (Å²) in [4.78, 5) is 35.7. The molecule has 0 saturated carbocycles. The SMILES string of the molecule is O=C(O)CC(=O)OC[C@H]1O[C@@H](Oc2cc(O)cc3[o+]c(-c4ccc(O)cc4)c(O[C@@H]4O[C@H](COC(=O)/C=C/c5ccc(O)cc5)[C@@H](O)[C@H](O)[C@H]4O[C@@H]4O[C@H](CO)[C@@H](O)[C@H](O)[C@H]4O)cc23)[C@H](O)[C@@H](O)[C@@H]1O. The van der Waals surface area contributed by atoms with Crippen LogP contribution in [0, 0.1) is 0 Å². The number of fused-ring (bicyclic) bond motifs is 1. The molecule has 3 aliphatic rings. The van der Waals surface area contributed by atoms with Crippen LogP contribution < -0.4 is 9.47 Å². The van der Waals surface area contributed by atoms with Crippen LogP contribution in [0.15, 0.2) is 77.2 Å². The molecular formula is C45H49O25+. The molecule has 0 unspecified atom stereocenters. The number of esters is 2. The molecule has 70 heavy (non-hydrogen) atoms. The van der Waals surface area contributed by atoms with Crippen molar-refractivity contribution < 1.29 is 123 Å². The van der Waals surface area contributed by atoms with E-state index in [0.29, 0.717) is 5.56 Å². The fourth-order valence-electron chi connectivity index (χ4n) is 7.50. The maximum atomic E-state index is 12.8. The summed E-state index contributed by atoms with van der Waals surface area (Å²) in [6, 6.07) is 14.5. The molecule has 0 aliphatic carbocycles. The second-order valence-corrected chi connectivity index (χ2v) is 16.2. The van der Waals surface area contributed by atoms with E-state index in [4.69, 9.17) is 47.4 Å². The fourth-order valence-corrected chi connectivity index (χ4v) is 7.50. The zero-order chi connectivity index (χ0) is 50.6. The van der Waals surface area contributed by atoms with Crippen LogP contribution in [0.4, 0.5) is 0 Å². The molecule has 25 nitrogen and oxygen atoms in total. The monoisotopic (exact) mass is 989 g/mol. The van der Waals surface area contributed by atoms with Crippen LogP contribution in [0.25, 0.3) is 28.4 Å². The highest BCUT2D eigenvalue weighted by molar-refractivity contribution is 5.90. The second kappa shape index (κ2) is 22.2. The van der Waals surface area contributed by atoms with Crippen molar-refractivity contribution in [1.82, 2.24) is 0 Å². The third-order valence-corrected chi connectivity index (χ3v) is 11.3. The van der Waals surface area contributed by atoms with E-state index in [2.05, 4.69) is 0 Å². The molecule has 0 spiro atoms. The molecule has 25 heteroatoms. The topological polar surface area (TPSA) is 399 Å². The van der Waals surface area contributed by atoms with Crippen LogP contribution in [0.1, 0.15) is 12.0 Å². The third-order valence-electron chi connectivity index (χ3n) is 11.3. The molecule has 0 radical (unpaired) electrons. The van der Waals surface area contributed by atoms with Crippen molar-refractivity contribution in [3.63, 3.8) is 0 Å². The molecule has 4 heterocycles. The average molecular weight is 990 g/mol. The number of carbonyl (C=O) groups is 3. The lowest BCUT2D eigenvalue weighted by Gasteiger charge is -2.45. The first kappa shape index (κ1) is 51.5. The number of hydrogen-bond donors (Lipinski definition) is 13. The lowest BCUT2D eigenvalue weighted by atomic mass is 9.97. The molecule has 3 saturated heterocycles. The fraction of sp³-hybridized carbons (Fsp3) is 0.422. The molecule has 15 atom stereocenters. The predicted octanol–water partition coefficient (Wildman–Crippen LogP) is -2.03. The van der Waals surface area contributed by atoms with E-state index < -0.39 is 142 Å². The van der Waals surface area contributed by atoms with Crippen molar-refractivity contribution in [3.8, 4) is 40.1 Å². The Morgan fingerprint density at radius 1 is 0.600 bits per heavy atom. The molecule has 3 aliphatic heterocycles. The quantitative estimate of drug-likeness (QED) is 0.0249. The first-order chi connectivity index (χ1) is 33.3. The van der Waals surface area contributed by atoms with Gasteiger partial charge in [-0.3, -0.25) is 9.59 Å². The van der Waals surface area contributed by atoms with Crippen molar-refractivity contribution in [1.29, 1.82) is 0 Å². The number of aliphatic carboxylic acids is 1. The van der Waals surface area contributed by atoms with E-state index in [0.717, 1.165) is 18.2 Å². The van der Waals surface area contributed by atoms with Gasteiger partial charge in [0, 0.05) is 18.2 Å². The van der Waals surface area contributed by atoms with Crippen molar-refractivity contribution in [3.05, 3.63) is 78.4 Å². The molecule has 0 amide bonds. The largest absolute Gasteiger partial charge is 0.508 e. The smallest absolute Gasteiger partial charge is 0.402 e. The number of aliphatic hydroxyl groups excluding tert-OH is 9. The molecule has 4 aromatic rings. The number of benzene rings is 3. The van der Waals surface area contributed by atoms with E-state index in [9.17, 15) is 75.7 Å². The number of rotatable bonds is 16. The summed E-state index contributed by atoms with van der Waals surface area (Å²) in [5.41, 5.74) is 0.516. The van der Waals surface area contributed by atoms with Gasteiger partial charge in [-0.25, -0.2) is 9.21 Å². The van der Waals surface area contributed by atoms with E-state index in [1.807, 2.05) is 0 Å². The number of carboxylic acid groups (broad SMARTS) is 1. The summed E-state index contributed by atoms with van der Waals surface area (Å²) in [5.74, 6) is -5.26. The van der Waals surface area contributed by atoms with Gasteiger partial charge >= 0.3 is 29.3 Å². The van der Waals surface area contributed by atoms with Crippen molar-refractivity contribution in [2.24, 2.45) is 0 Å². The Morgan fingerprint density at radius 3 is 1.80 bits per heavy atom. The number of aliphatic hydroxyl groups is 9. The molecule has 378 valence electrons. The van der Waals surface area contributed by atoms with Crippen LogP contribution >= 0.6 is 0 Å². The molecule has 13 N–H and O–H groups in total. The van der Waals surface area contributed by atoms with E-state index >= 15 is 0 Å².